The minimum absolute atomic E-state index is 0.138. The maximum atomic E-state index is 13.8. The number of fused-ring (bicyclic) bond motifs is 1. The van der Waals surface area contributed by atoms with E-state index in [0.29, 0.717) is 5.56 Å². The Balaban J connectivity index is 2.35. The fourth-order valence-electron chi connectivity index (χ4n) is 2.87. The highest BCUT2D eigenvalue weighted by Crippen LogP contribution is 2.44. The molecule has 2 aromatic carbocycles. The topological polar surface area (TPSA) is 57.2 Å². The summed E-state index contributed by atoms with van der Waals surface area (Å²) in [5.74, 6) is -2.58. The molecule has 3 nitrogen and oxygen atoms in total. The van der Waals surface area contributed by atoms with Crippen molar-refractivity contribution in [1.29, 1.82) is 0 Å². The average molecular weight is 269 g/mol. The van der Waals surface area contributed by atoms with Gasteiger partial charge in [-0.2, -0.15) is 0 Å². The first kappa shape index (κ1) is 12.5. The molecule has 0 N–H and O–H groups in total. The minimum Gasteiger partial charge on any atom is -0.549 e. The van der Waals surface area contributed by atoms with Crippen LogP contribution >= 0.6 is 0 Å². The van der Waals surface area contributed by atoms with Crippen molar-refractivity contribution in [3.8, 4) is 0 Å². The summed E-state index contributed by atoms with van der Waals surface area (Å²) in [6, 6.07) is 12.4. The maximum Gasteiger partial charge on any atom is 0.167 e. The zero-order valence-corrected chi connectivity index (χ0v) is 10.4. The van der Waals surface area contributed by atoms with Crippen LogP contribution in [0.4, 0.5) is 4.39 Å². The summed E-state index contributed by atoms with van der Waals surface area (Å²) in [7, 11) is 0. The van der Waals surface area contributed by atoms with Gasteiger partial charge in [0.15, 0.2) is 5.78 Å². The van der Waals surface area contributed by atoms with Crippen molar-refractivity contribution in [2.75, 3.05) is 0 Å². The second-order valence-corrected chi connectivity index (χ2v) is 4.82. The molecule has 0 spiro atoms. The van der Waals surface area contributed by atoms with Crippen LogP contribution < -0.4 is 5.11 Å². The lowest BCUT2D eigenvalue weighted by atomic mass is 9.75. The number of aliphatic carboxylic acids is 1. The van der Waals surface area contributed by atoms with E-state index in [1.165, 1.54) is 12.1 Å². The first-order valence-electron chi connectivity index (χ1n) is 6.16. The first-order chi connectivity index (χ1) is 9.57. The van der Waals surface area contributed by atoms with E-state index < -0.39 is 23.0 Å². The predicted octanol–water partition coefficient (Wildman–Crippen LogP) is 1.45. The Morgan fingerprint density at radius 1 is 1.10 bits per heavy atom. The molecule has 20 heavy (non-hydrogen) atoms. The molecule has 3 rings (SSSR count). The summed E-state index contributed by atoms with van der Waals surface area (Å²) in [6.07, 6.45) is -0.310. The van der Waals surface area contributed by atoms with Crippen molar-refractivity contribution in [3.05, 3.63) is 71.0 Å². The van der Waals surface area contributed by atoms with Crippen LogP contribution in [0.25, 0.3) is 0 Å². The van der Waals surface area contributed by atoms with Crippen LogP contribution in [0.3, 0.4) is 0 Å². The van der Waals surface area contributed by atoms with Crippen molar-refractivity contribution in [3.63, 3.8) is 0 Å². The number of halogens is 1. The minimum atomic E-state index is -1.60. The molecule has 0 radical (unpaired) electrons. The fraction of sp³-hybridized carbons (Fsp3) is 0.125. The lowest BCUT2D eigenvalue weighted by Crippen LogP contribution is -2.45. The number of hydrogen-bond acceptors (Lipinski definition) is 3. The zero-order valence-electron chi connectivity index (χ0n) is 10.4. The van der Waals surface area contributed by atoms with Gasteiger partial charge in [-0.05, 0) is 17.2 Å². The van der Waals surface area contributed by atoms with Gasteiger partial charge < -0.3 is 9.90 Å². The van der Waals surface area contributed by atoms with Crippen molar-refractivity contribution < 1.29 is 19.1 Å². The van der Waals surface area contributed by atoms with Gasteiger partial charge in [-0.25, -0.2) is 4.39 Å². The van der Waals surface area contributed by atoms with Crippen LogP contribution in [-0.2, 0) is 10.2 Å². The van der Waals surface area contributed by atoms with Crippen LogP contribution in [0.15, 0.2) is 48.5 Å². The summed E-state index contributed by atoms with van der Waals surface area (Å²) in [5, 5.41) is 11.8. The number of Topliss-reactive ketones (excluding diaryl/α,β-unsaturated/α-hetero) is 1. The molecular formula is C16H10FO3-. The Morgan fingerprint density at radius 3 is 2.45 bits per heavy atom. The number of rotatable bonds is 2. The summed E-state index contributed by atoms with van der Waals surface area (Å²) in [4.78, 5) is 23.8. The first-order valence-corrected chi connectivity index (χ1v) is 6.16. The lowest BCUT2D eigenvalue weighted by Gasteiger charge is -2.31. The molecule has 0 heterocycles. The van der Waals surface area contributed by atoms with Gasteiger partial charge >= 0.3 is 0 Å². The Kier molecular flexibility index (Phi) is 2.67. The van der Waals surface area contributed by atoms with Gasteiger partial charge in [0.1, 0.15) is 5.82 Å². The molecular weight excluding hydrogens is 259 g/mol. The van der Waals surface area contributed by atoms with Crippen molar-refractivity contribution in [2.24, 2.45) is 0 Å². The van der Waals surface area contributed by atoms with E-state index in [9.17, 15) is 19.1 Å². The molecule has 2 aromatic rings. The number of carboxylic acids is 1. The monoisotopic (exact) mass is 269 g/mol. The highest BCUT2D eigenvalue weighted by molar-refractivity contribution is 6.09. The zero-order chi connectivity index (χ0) is 14.3. The van der Waals surface area contributed by atoms with Crippen LogP contribution in [0.5, 0.6) is 0 Å². The largest absolute Gasteiger partial charge is 0.549 e. The third-order valence-corrected chi connectivity index (χ3v) is 3.79. The number of carboxylic acid groups (broad SMARTS) is 1. The molecule has 0 saturated carbocycles. The van der Waals surface area contributed by atoms with Crippen LogP contribution in [0, 0.1) is 5.82 Å². The summed E-state index contributed by atoms with van der Waals surface area (Å²) < 4.78 is 13.8. The smallest absolute Gasteiger partial charge is 0.167 e. The normalized spacial score (nSPS) is 20.8. The van der Waals surface area contributed by atoms with E-state index in [-0.39, 0.29) is 17.5 Å². The summed E-state index contributed by atoms with van der Waals surface area (Å²) in [6.45, 7) is 0. The van der Waals surface area contributed by atoms with E-state index in [1.807, 2.05) is 0 Å². The number of benzene rings is 2. The predicted molar refractivity (Wildman–Crippen MR) is 67.6 cm³/mol. The lowest BCUT2D eigenvalue weighted by molar-refractivity contribution is -0.311. The molecule has 0 fully saturated rings. The van der Waals surface area contributed by atoms with E-state index in [4.69, 9.17) is 0 Å². The Hall–Kier alpha value is -2.49. The molecule has 0 aromatic heterocycles. The Morgan fingerprint density at radius 2 is 1.80 bits per heavy atom. The molecule has 0 aliphatic heterocycles. The molecule has 0 amide bonds. The Bertz CT molecular complexity index is 709. The van der Waals surface area contributed by atoms with E-state index in [0.717, 1.165) is 6.07 Å². The molecule has 1 aliphatic rings. The summed E-state index contributed by atoms with van der Waals surface area (Å²) in [5.41, 5.74) is -1.14. The Labute approximate surface area is 114 Å². The molecule has 100 valence electrons. The van der Waals surface area contributed by atoms with Gasteiger partial charge in [0.05, 0.1) is 16.9 Å². The molecule has 4 heteroatoms. The van der Waals surface area contributed by atoms with Gasteiger partial charge in [-0.15, -0.1) is 0 Å². The second kappa shape index (κ2) is 4.27. The molecule has 0 saturated heterocycles. The van der Waals surface area contributed by atoms with E-state index >= 15 is 0 Å². The van der Waals surface area contributed by atoms with Crippen molar-refractivity contribution in [2.45, 2.75) is 11.8 Å². The standard InChI is InChI=1S/C16H11FO3/c17-12-8-4-7-11-14(12)13(18)9-16(11,15(19)20)10-5-2-1-3-6-10/h1-8H,9H2,(H,19,20)/p-1/t16-/m1/s1. The number of ketones is 1. The van der Waals surface area contributed by atoms with Gasteiger partial charge in [0.25, 0.3) is 0 Å². The number of carbonyl (C=O) groups excluding carboxylic acids is 2. The maximum absolute atomic E-state index is 13.8. The van der Waals surface area contributed by atoms with E-state index in [2.05, 4.69) is 0 Å². The van der Waals surface area contributed by atoms with Gasteiger partial charge in [-0.1, -0.05) is 42.5 Å². The molecule has 0 bridgehead atoms. The quantitative estimate of drug-likeness (QED) is 0.829. The van der Waals surface area contributed by atoms with Gasteiger partial charge in [0.2, 0.25) is 0 Å². The van der Waals surface area contributed by atoms with Crippen LogP contribution in [-0.4, -0.2) is 11.8 Å². The van der Waals surface area contributed by atoms with Crippen molar-refractivity contribution >= 4 is 11.8 Å². The number of hydrogen-bond donors (Lipinski definition) is 0. The third-order valence-electron chi connectivity index (χ3n) is 3.79. The van der Waals surface area contributed by atoms with Gasteiger partial charge in [-0.3, -0.25) is 4.79 Å². The molecule has 1 aliphatic carbocycles. The summed E-state index contributed by atoms with van der Waals surface area (Å²) >= 11 is 0. The molecule has 0 unspecified atom stereocenters. The third kappa shape index (κ3) is 1.51. The van der Waals surface area contributed by atoms with Crippen LogP contribution in [0.1, 0.15) is 27.9 Å². The molecule has 1 atom stereocenters. The second-order valence-electron chi connectivity index (χ2n) is 4.82. The number of carbonyl (C=O) groups is 2. The average Bonchev–Trinajstić information content (AvgIpc) is 2.75. The highest BCUT2D eigenvalue weighted by Gasteiger charge is 2.47. The van der Waals surface area contributed by atoms with Gasteiger partial charge in [0, 0.05) is 6.42 Å². The van der Waals surface area contributed by atoms with Crippen LogP contribution in [0.2, 0.25) is 0 Å². The highest BCUT2D eigenvalue weighted by atomic mass is 19.1. The fourth-order valence-corrected chi connectivity index (χ4v) is 2.87. The SMILES string of the molecule is O=C1C[C@@](C(=O)[O-])(c2ccccc2)c2cccc(F)c21. The van der Waals surface area contributed by atoms with E-state index in [1.54, 1.807) is 30.3 Å². The van der Waals surface area contributed by atoms with Crippen molar-refractivity contribution in [1.82, 2.24) is 0 Å².